The van der Waals surface area contributed by atoms with Gasteiger partial charge in [0.1, 0.15) is 11.3 Å². The molecule has 0 amide bonds. The molecule has 0 bridgehead atoms. The SMILES string of the molecule is Cc1cccc(Cn2cc(C(C)(C)O)nn2)c1. The first kappa shape index (κ1) is 11.8. The summed E-state index contributed by atoms with van der Waals surface area (Å²) in [5.74, 6) is 0. The van der Waals surface area contributed by atoms with E-state index in [0.717, 1.165) is 0 Å². The molecule has 0 saturated carbocycles. The van der Waals surface area contributed by atoms with Crippen molar-refractivity contribution in [2.75, 3.05) is 0 Å². The van der Waals surface area contributed by atoms with E-state index in [9.17, 15) is 5.11 Å². The molecule has 0 spiro atoms. The standard InChI is InChI=1S/C13H17N3O/c1-10-5-4-6-11(7-10)8-16-9-12(14-15-16)13(2,3)17/h4-7,9,17H,8H2,1-3H3. The first-order chi connectivity index (χ1) is 7.95. The summed E-state index contributed by atoms with van der Waals surface area (Å²) in [6.45, 7) is 6.14. The fourth-order valence-corrected chi connectivity index (χ4v) is 1.65. The average Bonchev–Trinajstić information content (AvgIpc) is 2.65. The fourth-order valence-electron chi connectivity index (χ4n) is 1.65. The highest BCUT2D eigenvalue weighted by Gasteiger charge is 2.19. The van der Waals surface area contributed by atoms with Gasteiger partial charge in [-0.15, -0.1) is 5.10 Å². The molecular weight excluding hydrogens is 214 g/mol. The van der Waals surface area contributed by atoms with Crippen molar-refractivity contribution in [3.63, 3.8) is 0 Å². The number of aromatic nitrogens is 3. The van der Waals surface area contributed by atoms with Gasteiger partial charge in [0.2, 0.25) is 0 Å². The second kappa shape index (κ2) is 4.30. The zero-order valence-corrected chi connectivity index (χ0v) is 10.4. The Morgan fingerprint density at radius 2 is 2.12 bits per heavy atom. The third-order valence-corrected chi connectivity index (χ3v) is 2.59. The lowest BCUT2D eigenvalue weighted by atomic mass is 10.1. The molecule has 0 aliphatic carbocycles. The highest BCUT2D eigenvalue weighted by Crippen LogP contribution is 2.16. The summed E-state index contributed by atoms with van der Waals surface area (Å²) in [5.41, 5.74) is 2.05. The topological polar surface area (TPSA) is 50.9 Å². The second-order valence-corrected chi connectivity index (χ2v) is 4.85. The Labute approximate surface area is 101 Å². The van der Waals surface area contributed by atoms with Crippen LogP contribution in [0.4, 0.5) is 0 Å². The Morgan fingerprint density at radius 1 is 1.35 bits per heavy atom. The average molecular weight is 231 g/mol. The molecule has 0 saturated heterocycles. The van der Waals surface area contributed by atoms with Crippen LogP contribution in [0.5, 0.6) is 0 Å². The van der Waals surface area contributed by atoms with E-state index in [1.165, 1.54) is 11.1 Å². The maximum absolute atomic E-state index is 9.80. The van der Waals surface area contributed by atoms with Crippen LogP contribution in [0.2, 0.25) is 0 Å². The maximum atomic E-state index is 9.80. The summed E-state index contributed by atoms with van der Waals surface area (Å²) in [6.07, 6.45) is 1.78. The van der Waals surface area contributed by atoms with Crippen molar-refractivity contribution in [2.24, 2.45) is 0 Å². The van der Waals surface area contributed by atoms with Crippen molar-refractivity contribution in [3.8, 4) is 0 Å². The lowest BCUT2D eigenvalue weighted by molar-refractivity contribution is 0.0737. The van der Waals surface area contributed by atoms with Gasteiger partial charge < -0.3 is 5.11 Å². The van der Waals surface area contributed by atoms with Crippen LogP contribution >= 0.6 is 0 Å². The minimum atomic E-state index is -0.940. The molecular formula is C13H17N3O. The van der Waals surface area contributed by atoms with Crippen molar-refractivity contribution >= 4 is 0 Å². The molecule has 2 rings (SSSR count). The summed E-state index contributed by atoms with van der Waals surface area (Å²) < 4.78 is 1.74. The van der Waals surface area contributed by atoms with Gasteiger partial charge in [-0.3, -0.25) is 0 Å². The van der Waals surface area contributed by atoms with E-state index in [2.05, 4.69) is 35.4 Å². The van der Waals surface area contributed by atoms with Gasteiger partial charge in [-0.2, -0.15) is 0 Å². The van der Waals surface area contributed by atoms with Gasteiger partial charge in [0.25, 0.3) is 0 Å². The second-order valence-electron chi connectivity index (χ2n) is 4.85. The highest BCUT2D eigenvalue weighted by atomic mass is 16.3. The number of hydrogen-bond donors (Lipinski definition) is 1. The Hall–Kier alpha value is -1.68. The Kier molecular flexibility index (Phi) is 2.98. The predicted octanol–water partition coefficient (Wildman–Crippen LogP) is 1.86. The first-order valence-corrected chi connectivity index (χ1v) is 5.64. The van der Waals surface area contributed by atoms with Gasteiger partial charge in [0, 0.05) is 0 Å². The van der Waals surface area contributed by atoms with Crippen LogP contribution in [0.1, 0.15) is 30.7 Å². The third kappa shape index (κ3) is 2.91. The molecule has 90 valence electrons. The molecule has 4 nitrogen and oxygen atoms in total. The lowest BCUT2D eigenvalue weighted by Crippen LogP contribution is -2.15. The van der Waals surface area contributed by atoms with E-state index < -0.39 is 5.60 Å². The lowest BCUT2D eigenvalue weighted by Gasteiger charge is -2.11. The normalized spacial score (nSPS) is 11.8. The summed E-state index contributed by atoms with van der Waals surface area (Å²) in [5, 5.41) is 17.8. The van der Waals surface area contributed by atoms with E-state index in [-0.39, 0.29) is 0 Å². The van der Waals surface area contributed by atoms with Gasteiger partial charge in [-0.25, -0.2) is 4.68 Å². The number of rotatable bonds is 3. The number of aryl methyl sites for hydroxylation is 1. The zero-order valence-electron chi connectivity index (χ0n) is 10.4. The molecule has 0 aliphatic heterocycles. The quantitative estimate of drug-likeness (QED) is 0.877. The molecule has 0 radical (unpaired) electrons. The van der Waals surface area contributed by atoms with Crippen LogP contribution in [0.3, 0.4) is 0 Å². The van der Waals surface area contributed by atoms with Crippen molar-refractivity contribution in [1.82, 2.24) is 15.0 Å². The molecule has 17 heavy (non-hydrogen) atoms. The van der Waals surface area contributed by atoms with E-state index in [1.54, 1.807) is 24.7 Å². The Bertz CT molecular complexity index is 511. The molecule has 1 heterocycles. The molecule has 1 aromatic carbocycles. The largest absolute Gasteiger partial charge is 0.384 e. The summed E-state index contributed by atoms with van der Waals surface area (Å²) in [4.78, 5) is 0. The summed E-state index contributed by atoms with van der Waals surface area (Å²) >= 11 is 0. The molecule has 1 aromatic heterocycles. The third-order valence-electron chi connectivity index (χ3n) is 2.59. The molecule has 0 unspecified atom stereocenters. The summed E-state index contributed by atoms with van der Waals surface area (Å²) in [6, 6.07) is 8.26. The van der Waals surface area contributed by atoms with Crippen molar-refractivity contribution < 1.29 is 5.11 Å². The van der Waals surface area contributed by atoms with Crippen LogP contribution in [0, 0.1) is 6.92 Å². The van der Waals surface area contributed by atoms with E-state index >= 15 is 0 Å². The minimum Gasteiger partial charge on any atom is -0.384 e. The van der Waals surface area contributed by atoms with Crippen LogP contribution in [0.25, 0.3) is 0 Å². The van der Waals surface area contributed by atoms with E-state index in [1.807, 2.05) is 6.07 Å². The van der Waals surface area contributed by atoms with Gasteiger partial charge in [-0.1, -0.05) is 35.0 Å². The van der Waals surface area contributed by atoms with Crippen molar-refractivity contribution in [3.05, 3.63) is 47.3 Å². The van der Waals surface area contributed by atoms with E-state index in [0.29, 0.717) is 12.2 Å². The zero-order chi connectivity index (χ0) is 12.5. The number of aliphatic hydroxyl groups is 1. The first-order valence-electron chi connectivity index (χ1n) is 5.64. The summed E-state index contributed by atoms with van der Waals surface area (Å²) in [7, 11) is 0. The minimum absolute atomic E-state index is 0.588. The maximum Gasteiger partial charge on any atom is 0.114 e. The molecule has 2 aromatic rings. The Morgan fingerprint density at radius 3 is 2.71 bits per heavy atom. The molecule has 0 atom stereocenters. The number of nitrogens with zero attached hydrogens (tertiary/aromatic N) is 3. The molecule has 4 heteroatoms. The van der Waals surface area contributed by atoms with Crippen molar-refractivity contribution in [1.29, 1.82) is 0 Å². The van der Waals surface area contributed by atoms with Crippen LogP contribution in [0.15, 0.2) is 30.5 Å². The van der Waals surface area contributed by atoms with Crippen LogP contribution in [-0.4, -0.2) is 20.1 Å². The monoisotopic (exact) mass is 231 g/mol. The van der Waals surface area contributed by atoms with Crippen molar-refractivity contribution in [2.45, 2.75) is 32.9 Å². The van der Waals surface area contributed by atoms with Gasteiger partial charge in [0.15, 0.2) is 0 Å². The van der Waals surface area contributed by atoms with Crippen LogP contribution < -0.4 is 0 Å². The fraction of sp³-hybridized carbons (Fsp3) is 0.385. The predicted molar refractivity (Wildman–Crippen MR) is 65.5 cm³/mol. The van der Waals surface area contributed by atoms with Gasteiger partial charge in [0.05, 0.1) is 12.7 Å². The Balaban J connectivity index is 2.17. The smallest absolute Gasteiger partial charge is 0.114 e. The van der Waals surface area contributed by atoms with Gasteiger partial charge in [-0.05, 0) is 26.3 Å². The number of benzene rings is 1. The molecule has 0 fully saturated rings. The van der Waals surface area contributed by atoms with Crippen LogP contribution in [-0.2, 0) is 12.1 Å². The highest BCUT2D eigenvalue weighted by molar-refractivity contribution is 5.22. The molecule has 1 N–H and O–H groups in total. The van der Waals surface area contributed by atoms with E-state index in [4.69, 9.17) is 0 Å². The van der Waals surface area contributed by atoms with Gasteiger partial charge >= 0.3 is 0 Å². The molecule has 0 aliphatic rings. The number of hydrogen-bond acceptors (Lipinski definition) is 3.